The summed E-state index contributed by atoms with van der Waals surface area (Å²) in [5.41, 5.74) is 0.679. The minimum Gasteiger partial charge on any atom is -0.202 e. The molecule has 0 radical (unpaired) electrons. The molecule has 7 heteroatoms. The van der Waals surface area contributed by atoms with Gasteiger partial charge in [-0.2, -0.15) is 15.0 Å². The molecule has 0 bridgehead atoms. The summed E-state index contributed by atoms with van der Waals surface area (Å²) in [5.74, 6) is -1.89. The number of unbranched alkanes of at least 4 members (excludes halogenated alkanes) is 5. The van der Waals surface area contributed by atoms with Crippen LogP contribution in [0.1, 0.15) is 45.4 Å². The van der Waals surface area contributed by atoms with Crippen molar-refractivity contribution in [1.82, 2.24) is 15.0 Å². The first-order valence-electron chi connectivity index (χ1n) is 7.13. The molecule has 0 saturated carbocycles. The molecule has 1 aromatic heterocycles. The topological polar surface area (TPSA) is 30.7 Å². The van der Waals surface area contributed by atoms with Crippen molar-refractivity contribution < 1.29 is 8.78 Å². The van der Waals surface area contributed by atoms with E-state index in [1.165, 1.54) is 30.5 Å². The molecule has 0 fully saturated rings. The number of aromatic nitrogens is 3. The standard InChI is InChI=1S/C14H17Br2F2N3/c1-2-3-4-5-6-7-8-21-19-13-9(15)11(17)12(18)10(16)14(13)20-21/h2-8H2,1H3. The second kappa shape index (κ2) is 7.63. The summed E-state index contributed by atoms with van der Waals surface area (Å²) < 4.78 is 27.3. The van der Waals surface area contributed by atoms with Crippen LogP contribution in [-0.2, 0) is 6.54 Å². The van der Waals surface area contributed by atoms with Gasteiger partial charge in [0.2, 0.25) is 0 Å². The number of benzene rings is 1. The minimum absolute atomic E-state index is 0.0207. The quantitative estimate of drug-likeness (QED) is 0.329. The molecule has 2 aromatic rings. The Morgan fingerprint density at radius 3 is 1.86 bits per heavy atom. The third-order valence-electron chi connectivity index (χ3n) is 3.36. The lowest BCUT2D eigenvalue weighted by atomic mass is 10.1. The van der Waals surface area contributed by atoms with Gasteiger partial charge in [-0.15, -0.1) is 0 Å². The van der Waals surface area contributed by atoms with E-state index in [4.69, 9.17) is 0 Å². The zero-order chi connectivity index (χ0) is 15.4. The first-order chi connectivity index (χ1) is 10.1. The van der Waals surface area contributed by atoms with E-state index in [-0.39, 0.29) is 8.95 Å². The van der Waals surface area contributed by atoms with Gasteiger partial charge >= 0.3 is 0 Å². The largest absolute Gasteiger partial charge is 0.202 e. The SMILES string of the molecule is CCCCCCCCn1nc2c(Br)c(F)c(F)c(Br)c2n1. The highest BCUT2D eigenvalue weighted by molar-refractivity contribution is 9.11. The maximum absolute atomic E-state index is 13.6. The number of aryl methyl sites for hydroxylation is 1. The fraction of sp³-hybridized carbons (Fsp3) is 0.571. The van der Waals surface area contributed by atoms with E-state index < -0.39 is 11.6 Å². The molecule has 3 nitrogen and oxygen atoms in total. The highest BCUT2D eigenvalue weighted by Gasteiger charge is 2.20. The lowest BCUT2D eigenvalue weighted by molar-refractivity contribution is 0.488. The van der Waals surface area contributed by atoms with Gasteiger partial charge in [0.15, 0.2) is 11.6 Å². The number of hydrogen-bond donors (Lipinski definition) is 0. The Morgan fingerprint density at radius 1 is 0.857 bits per heavy atom. The first kappa shape index (κ1) is 16.8. The van der Waals surface area contributed by atoms with Crippen LogP contribution in [0.3, 0.4) is 0 Å². The average Bonchev–Trinajstić information content (AvgIpc) is 2.91. The molecule has 0 aliphatic rings. The fourth-order valence-electron chi connectivity index (χ4n) is 2.18. The van der Waals surface area contributed by atoms with Crippen LogP contribution in [0, 0.1) is 11.6 Å². The summed E-state index contributed by atoms with van der Waals surface area (Å²) in [6.07, 6.45) is 7.02. The zero-order valence-corrected chi connectivity index (χ0v) is 15.0. The molecule has 0 aliphatic heterocycles. The molecule has 0 amide bonds. The van der Waals surface area contributed by atoms with Crippen LogP contribution < -0.4 is 0 Å². The highest BCUT2D eigenvalue weighted by Crippen LogP contribution is 2.33. The second-order valence-corrected chi connectivity index (χ2v) is 6.60. The smallest absolute Gasteiger partial charge is 0.176 e. The average molecular weight is 425 g/mol. The maximum atomic E-state index is 13.6. The molecule has 2 rings (SSSR count). The predicted molar refractivity (Wildman–Crippen MR) is 86.2 cm³/mol. The lowest BCUT2D eigenvalue weighted by Gasteiger charge is -2.00. The van der Waals surface area contributed by atoms with E-state index in [1.54, 1.807) is 0 Å². The molecule has 0 aliphatic carbocycles. The van der Waals surface area contributed by atoms with Gasteiger partial charge in [-0.05, 0) is 38.3 Å². The molecule has 0 atom stereocenters. The summed E-state index contributed by atoms with van der Waals surface area (Å²) in [6, 6.07) is 0. The van der Waals surface area contributed by atoms with Crippen molar-refractivity contribution in [2.75, 3.05) is 0 Å². The normalized spacial score (nSPS) is 11.5. The summed E-state index contributed by atoms with van der Waals surface area (Å²) in [7, 11) is 0. The molecule has 1 aromatic carbocycles. The Bertz CT molecular complexity index is 583. The van der Waals surface area contributed by atoms with Crippen LogP contribution in [0.2, 0.25) is 0 Å². The van der Waals surface area contributed by atoms with Crippen LogP contribution in [0.15, 0.2) is 8.95 Å². The van der Waals surface area contributed by atoms with Gasteiger partial charge in [-0.25, -0.2) is 8.78 Å². The Morgan fingerprint density at radius 2 is 1.33 bits per heavy atom. The van der Waals surface area contributed by atoms with Crippen LogP contribution in [-0.4, -0.2) is 15.0 Å². The maximum Gasteiger partial charge on any atom is 0.176 e. The number of hydrogen-bond acceptors (Lipinski definition) is 2. The summed E-state index contributed by atoms with van der Waals surface area (Å²) >= 11 is 6.08. The Hall–Kier alpha value is -0.560. The molecule has 116 valence electrons. The van der Waals surface area contributed by atoms with Crippen molar-refractivity contribution in [2.24, 2.45) is 0 Å². The van der Waals surface area contributed by atoms with Crippen molar-refractivity contribution in [1.29, 1.82) is 0 Å². The van der Waals surface area contributed by atoms with E-state index in [2.05, 4.69) is 49.0 Å². The predicted octanol–water partition coefficient (Wildman–Crippen LogP) is 5.60. The summed E-state index contributed by atoms with van der Waals surface area (Å²) in [6.45, 7) is 2.84. The Kier molecular flexibility index (Phi) is 6.10. The fourth-order valence-corrected chi connectivity index (χ4v) is 3.06. The van der Waals surface area contributed by atoms with Crippen molar-refractivity contribution in [3.8, 4) is 0 Å². The Balaban J connectivity index is 2.06. The van der Waals surface area contributed by atoms with Crippen molar-refractivity contribution in [3.05, 3.63) is 20.6 Å². The highest BCUT2D eigenvalue weighted by atomic mass is 79.9. The second-order valence-electron chi connectivity index (χ2n) is 5.02. The van der Waals surface area contributed by atoms with Crippen molar-refractivity contribution in [3.63, 3.8) is 0 Å². The van der Waals surface area contributed by atoms with Crippen LogP contribution in [0.4, 0.5) is 8.78 Å². The minimum atomic E-state index is -0.944. The van der Waals surface area contributed by atoms with Crippen LogP contribution in [0.25, 0.3) is 11.0 Å². The molecule has 0 saturated heterocycles. The van der Waals surface area contributed by atoms with Gasteiger partial charge in [0.05, 0.1) is 15.5 Å². The molecular formula is C14H17Br2F2N3. The van der Waals surface area contributed by atoms with Gasteiger partial charge in [0.25, 0.3) is 0 Å². The van der Waals surface area contributed by atoms with E-state index in [1.807, 2.05) is 0 Å². The van der Waals surface area contributed by atoms with Gasteiger partial charge in [0.1, 0.15) is 11.0 Å². The summed E-state index contributed by atoms with van der Waals surface area (Å²) in [5, 5.41) is 8.46. The zero-order valence-electron chi connectivity index (χ0n) is 11.8. The van der Waals surface area contributed by atoms with E-state index in [0.717, 1.165) is 12.8 Å². The number of rotatable bonds is 7. The number of halogens is 4. The molecular weight excluding hydrogens is 408 g/mol. The summed E-state index contributed by atoms with van der Waals surface area (Å²) in [4.78, 5) is 1.51. The van der Waals surface area contributed by atoms with Crippen LogP contribution >= 0.6 is 31.9 Å². The number of fused-ring (bicyclic) bond motifs is 1. The van der Waals surface area contributed by atoms with E-state index in [9.17, 15) is 8.78 Å². The van der Waals surface area contributed by atoms with Crippen molar-refractivity contribution >= 4 is 42.9 Å². The van der Waals surface area contributed by atoms with E-state index in [0.29, 0.717) is 17.6 Å². The first-order valence-corrected chi connectivity index (χ1v) is 8.71. The van der Waals surface area contributed by atoms with E-state index >= 15 is 0 Å². The van der Waals surface area contributed by atoms with Crippen molar-refractivity contribution in [2.45, 2.75) is 52.0 Å². The monoisotopic (exact) mass is 423 g/mol. The molecule has 0 unspecified atom stereocenters. The van der Waals surface area contributed by atoms with Gasteiger partial charge in [0, 0.05) is 0 Å². The van der Waals surface area contributed by atoms with Gasteiger partial charge < -0.3 is 0 Å². The van der Waals surface area contributed by atoms with Gasteiger partial charge in [-0.3, -0.25) is 0 Å². The lowest BCUT2D eigenvalue weighted by Crippen LogP contribution is -2.02. The molecule has 0 N–H and O–H groups in total. The molecule has 1 heterocycles. The molecule has 0 spiro atoms. The number of nitrogens with zero attached hydrogens (tertiary/aromatic N) is 3. The molecule has 21 heavy (non-hydrogen) atoms. The third kappa shape index (κ3) is 3.80. The van der Waals surface area contributed by atoms with Gasteiger partial charge in [-0.1, -0.05) is 39.0 Å². The third-order valence-corrected chi connectivity index (χ3v) is 4.81. The van der Waals surface area contributed by atoms with Crippen LogP contribution in [0.5, 0.6) is 0 Å². The Labute approximate surface area is 139 Å².